The third kappa shape index (κ3) is 2.64. The highest BCUT2D eigenvalue weighted by atomic mass is 19.1. The van der Waals surface area contributed by atoms with Gasteiger partial charge in [0.25, 0.3) is 0 Å². The van der Waals surface area contributed by atoms with Crippen molar-refractivity contribution in [3.05, 3.63) is 48.8 Å². The molecule has 30 heavy (non-hydrogen) atoms. The van der Waals surface area contributed by atoms with Crippen LogP contribution in [0.25, 0.3) is 27.7 Å². The highest BCUT2D eigenvalue weighted by molar-refractivity contribution is 5.98. The van der Waals surface area contributed by atoms with Crippen LogP contribution in [0, 0.1) is 17.7 Å². The van der Waals surface area contributed by atoms with Gasteiger partial charge in [-0.1, -0.05) is 0 Å². The molecule has 1 aromatic carbocycles. The number of pyridine rings is 1. The van der Waals surface area contributed by atoms with Gasteiger partial charge in [-0.3, -0.25) is 4.98 Å². The summed E-state index contributed by atoms with van der Waals surface area (Å²) in [5, 5.41) is 8.83. The van der Waals surface area contributed by atoms with E-state index in [2.05, 4.69) is 20.3 Å². The van der Waals surface area contributed by atoms with E-state index < -0.39 is 5.82 Å². The number of nitrogens with zero attached hydrogens (tertiary/aromatic N) is 5. The maximum absolute atomic E-state index is 14.1. The first-order valence-electron chi connectivity index (χ1n) is 10.1. The van der Waals surface area contributed by atoms with Crippen molar-refractivity contribution in [2.45, 2.75) is 0 Å². The zero-order valence-electron chi connectivity index (χ0n) is 16.5. The molecule has 2 aliphatic rings. The Hall–Kier alpha value is -3.26. The van der Waals surface area contributed by atoms with Crippen LogP contribution in [0.3, 0.4) is 0 Å². The first-order valence-corrected chi connectivity index (χ1v) is 10.1. The second-order valence-electron chi connectivity index (χ2n) is 8.08. The summed E-state index contributed by atoms with van der Waals surface area (Å²) in [6, 6.07) is 4.98. The van der Waals surface area contributed by atoms with Crippen LogP contribution >= 0.6 is 0 Å². The van der Waals surface area contributed by atoms with E-state index in [1.807, 2.05) is 23.0 Å². The molecule has 0 saturated carbocycles. The fraction of sp³-hybridized carbons (Fsp3) is 0.318. The number of aromatic nitrogens is 4. The quantitative estimate of drug-likeness (QED) is 0.566. The van der Waals surface area contributed by atoms with E-state index in [0.29, 0.717) is 17.4 Å². The topological polar surface area (TPSA) is 67.6 Å². The predicted octanol–water partition coefficient (Wildman–Crippen LogP) is 2.75. The molecule has 0 bridgehead atoms. The van der Waals surface area contributed by atoms with Gasteiger partial charge in [0.2, 0.25) is 0 Å². The van der Waals surface area contributed by atoms with Crippen LogP contribution in [0.15, 0.2) is 43.0 Å². The lowest BCUT2D eigenvalue weighted by Gasteiger charge is -2.19. The van der Waals surface area contributed by atoms with Gasteiger partial charge in [0.1, 0.15) is 0 Å². The minimum absolute atomic E-state index is 0.192. The number of anilines is 1. The Morgan fingerprint density at radius 2 is 1.93 bits per heavy atom. The van der Waals surface area contributed by atoms with Gasteiger partial charge in [-0.25, -0.2) is 13.9 Å². The molecule has 2 fully saturated rings. The molecule has 4 aromatic rings. The summed E-state index contributed by atoms with van der Waals surface area (Å²) in [6.07, 6.45) is 7.46. The van der Waals surface area contributed by atoms with Crippen LogP contribution in [0.1, 0.15) is 0 Å². The fourth-order valence-electron chi connectivity index (χ4n) is 4.82. The Balaban J connectivity index is 1.42. The average molecular weight is 404 g/mol. The molecule has 5 heterocycles. The lowest BCUT2D eigenvalue weighted by molar-refractivity contribution is 0.387. The molecule has 2 aliphatic heterocycles. The zero-order valence-corrected chi connectivity index (χ0v) is 16.5. The van der Waals surface area contributed by atoms with Crippen molar-refractivity contribution in [3.8, 4) is 16.9 Å². The van der Waals surface area contributed by atoms with Gasteiger partial charge in [-0.05, 0) is 29.5 Å². The molecular formula is C22H21FN6O. The number of benzene rings is 1. The number of fused-ring (bicyclic) bond motifs is 3. The van der Waals surface area contributed by atoms with E-state index in [-0.39, 0.29) is 5.75 Å². The second kappa shape index (κ2) is 6.63. The number of hydrogen-bond donors (Lipinski definition) is 1. The van der Waals surface area contributed by atoms with Crippen LogP contribution in [-0.4, -0.2) is 52.9 Å². The first-order chi connectivity index (χ1) is 14.7. The lowest BCUT2D eigenvalue weighted by atomic mass is 10.0. The Labute approximate surface area is 172 Å². The SMILES string of the molecule is COc1cc2c(-c3cnn4cc(N5CC6CNCC6C5)cnc34)ccnc2cc1F. The molecule has 1 N–H and O–H groups in total. The Morgan fingerprint density at radius 1 is 1.10 bits per heavy atom. The van der Waals surface area contributed by atoms with E-state index in [4.69, 9.17) is 9.72 Å². The van der Waals surface area contributed by atoms with Gasteiger partial charge in [0.05, 0.1) is 36.9 Å². The second-order valence-corrected chi connectivity index (χ2v) is 8.08. The molecule has 152 valence electrons. The summed E-state index contributed by atoms with van der Waals surface area (Å²) in [4.78, 5) is 11.4. The van der Waals surface area contributed by atoms with Crippen molar-refractivity contribution in [2.24, 2.45) is 11.8 Å². The molecule has 0 amide bonds. The standard InChI is InChI=1S/C22H21FN6O/c1-30-21-4-17-16(2-3-25-20(17)5-19(21)23)18-9-27-29-12-15(8-26-22(18)29)28-10-13-6-24-7-14(13)11-28/h2-5,8-9,12-14,24H,6-7,10-11H2,1H3. The minimum atomic E-state index is -0.428. The summed E-state index contributed by atoms with van der Waals surface area (Å²) in [5.41, 5.74) is 4.20. The molecule has 2 unspecified atom stereocenters. The van der Waals surface area contributed by atoms with Crippen LogP contribution in [-0.2, 0) is 0 Å². The molecule has 0 radical (unpaired) electrons. The molecule has 6 rings (SSSR count). The van der Waals surface area contributed by atoms with E-state index in [1.54, 1.807) is 18.5 Å². The average Bonchev–Trinajstić information content (AvgIpc) is 3.47. The zero-order chi connectivity index (χ0) is 20.2. The maximum Gasteiger partial charge on any atom is 0.167 e. The molecule has 0 aliphatic carbocycles. The Bertz CT molecular complexity index is 1260. The van der Waals surface area contributed by atoms with Gasteiger partial charge in [-0.2, -0.15) is 5.10 Å². The van der Waals surface area contributed by atoms with Crippen LogP contribution in [0.4, 0.5) is 10.1 Å². The summed E-state index contributed by atoms with van der Waals surface area (Å²) in [6.45, 7) is 4.31. The number of rotatable bonds is 3. The van der Waals surface area contributed by atoms with Crippen molar-refractivity contribution in [1.29, 1.82) is 0 Å². The highest BCUT2D eigenvalue weighted by Gasteiger charge is 2.36. The van der Waals surface area contributed by atoms with Crippen LogP contribution < -0.4 is 15.0 Å². The van der Waals surface area contributed by atoms with Gasteiger partial charge in [0, 0.05) is 49.4 Å². The highest BCUT2D eigenvalue weighted by Crippen LogP contribution is 2.34. The summed E-state index contributed by atoms with van der Waals surface area (Å²) in [5.74, 6) is 1.19. The van der Waals surface area contributed by atoms with Gasteiger partial charge in [0.15, 0.2) is 17.2 Å². The number of halogens is 1. The van der Waals surface area contributed by atoms with E-state index in [1.165, 1.54) is 13.2 Å². The number of hydrogen-bond acceptors (Lipinski definition) is 6. The van der Waals surface area contributed by atoms with Crippen molar-refractivity contribution in [1.82, 2.24) is 24.9 Å². The Morgan fingerprint density at radius 3 is 2.73 bits per heavy atom. The molecule has 0 spiro atoms. The van der Waals surface area contributed by atoms with Crippen molar-refractivity contribution in [2.75, 3.05) is 38.2 Å². The minimum Gasteiger partial charge on any atom is -0.494 e. The summed E-state index contributed by atoms with van der Waals surface area (Å²) < 4.78 is 21.1. The number of ether oxygens (including phenoxy) is 1. The largest absolute Gasteiger partial charge is 0.494 e. The van der Waals surface area contributed by atoms with E-state index in [0.717, 1.165) is 54.0 Å². The smallest absolute Gasteiger partial charge is 0.167 e. The summed E-state index contributed by atoms with van der Waals surface area (Å²) in [7, 11) is 1.46. The van der Waals surface area contributed by atoms with E-state index >= 15 is 0 Å². The first kappa shape index (κ1) is 17.6. The van der Waals surface area contributed by atoms with Gasteiger partial charge < -0.3 is 15.0 Å². The predicted molar refractivity (Wildman–Crippen MR) is 112 cm³/mol. The van der Waals surface area contributed by atoms with Gasteiger partial charge >= 0.3 is 0 Å². The molecule has 7 nitrogen and oxygen atoms in total. The van der Waals surface area contributed by atoms with E-state index in [9.17, 15) is 4.39 Å². The number of methoxy groups -OCH3 is 1. The summed E-state index contributed by atoms with van der Waals surface area (Å²) >= 11 is 0. The molecule has 8 heteroatoms. The van der Waals surface area contributed by atoms with Crippen LogP contribution in [0.2, 0.25) is 0 Å². The fourth-order valence-corrected chi connectivity index (χ4v) is 4.82. The third-order valence-electron chi connectivity index (χ3n) is 6.40. The third-order valence-corrected chi connectivity index (χ3v) is 6.40. The molecule has 3 aromatic heterocycles. The number of nitrogens with one attached hydrogen (secondary N) is 1. The molecule has 2 atom stereocenters. The Kier molecular flexibility index (Phi) is 3.89. The lowest BCUT2D eigenvalue weighted by Crippen LogP contribution is -2.25. The van der Waals surface area contributed by atoms with Gasteiger partial charge in [-0.15, -0.1) is 0 Å². The molecular weight excluding hydrogens is 383 g/mol. The normalized spacial score (nSPS) is 20.9. The molecule has 2 saturated heterocycles. The van der Waals surface area contributed by atoms with Crippen molar-refractivity contribution < 1.29 is 9.13 Å². The van der Waals surface area contributed by atoms with Crippen molar-refractivity contribution >= 4 is 22.2 Å². The van der Waals surface area contributed by atoms with Crippen LogP contribution in [0.5, 0.6) is 5.75 Å². The monoisotopic (exact) mass is 404 g/mol. The van der Waals surface area contributed by atoms with Crippen molar-refractivity contribution in [3.63, 3.8) is 0 Å². The maximum atomic E-state index is 14.1.